The van der Waals surface area contributed by atoms with Gasteiger partial charge in [0.1, 0.15) is 5.82 Å². The van der Waals surface area contributed by atoms with Crippen LogP contribution in [0.2, 0.25) is 0 Å². The van der Waals surface area contributed by atoms with Gasteiger partial charge in [0.15, 0.2) is 0 Å². The summed E-state index contributed by atoms with van der Waals surface area (Å²) in [5.74, 6) is -0.811. The fourth-order valence-corrected chi connectivity index (χ4v) is 3.76. The molecule has 0 saturated heterocycles. The Labute approximate surface area is 181 Å². The van der Waals surface area contributed by atoms with Gasteiger partial charge in [-0.15, -0.1) is 0 Å². The van der Waals surface area contributed by atoms with Crippen LogP contribution in [0.25, 0.3) is 0 Å². The summed E-state index contributed by atoms with van der Waals surface area (Å²) in [6.07, 6.45) is 6.27. The van der Waals surface area contributed by atoms with Crippen LogP contribution >= 0.6 is 0 Å². The van der Waals surface area contributed by atoms with Crippen LogP contribution in [0.15, 0.2) is 48.5 Å². The first-order valence-corrected chi connectivity index (χ1v) is 10.7. The highest BCUT2D eigenvalue weighted by molar-refractivity contribution is 6.04. The van der Waals surface area contributed by atoms with Gasteiger partial charge in [-0.2, -0.15) is 0 Å². The number of carbonyl (C=O) groups excluding carboxylic acids is 3. The standard InChI is InChI=1S/C24H28FN3O3/c25-20-10-5-9-19(14-20)24(31)28-21-11-4-8-18(12-21)15-26-23(30)16-27-22(29)13-17-6-2-1-3-7-17/h4-5,8-12,14,17H,1-3,6-7,13,15-16H2,(H,26,30)(H,27,29)(H,28,31). The Bertz CT molecular complexity index is 926. The molecule has 0 aliphatic heterocycles. The van der Waals surface area contributed by atoms with Crippen LogP contribution in [0, 0.1) is 11.7 Å². The molecule has 3 N–H and O–H groups in total. The summed E-state index contributed by atoms with van der Waals surface area (Å²) in [6.45, 7) is 0.211. The highest BCUT2D eigenvalue weighted by Gasteiger charge is 2.17. The molecule has 0 atom stereocenters. The molecule has 1 aliphatic rings. The molecule has 2 aromatic carbocycles. The van der Waals surface area contributed by atoms with E-state index in [-0.39, 0.29) is 30.5 Å². The predicted octanol–water partition coefficient (Wildman–Crippen LogP) is 3.78. The average molecular weight is 426 g/mol. The predicted molar refractivity (Wildman–Crippen MR) is 117 cm³/mol. The number of halogens is 1. The maximum Gasteiger partial charge on any atom is 0.255 e. The van der Waals surface area contributed by atoms with E-state index in [1.165, 1.54) is 43.5 Å². The van der Waals surface area contributed by atoms with E-state index in [2.05, 4.69) is 16.0 Å². The molecule has 31 heavy (non-hydrogen) atoms. The van der Waals surface area contributed by atoms with Crippen molar-refractivity contribution in [2.75, 3.05) is 11.9 Å². The van der Waals surface area contributed by atoms with Crippen LogP contribution in [-0.4, -0.2) is 24.3 Å². The second kappa shape index (κ2) is 11.2. The molecule has 164 valence electrons. The van der Waals surface area contributed by atoms with Crippen LogP contribution in [-0.2, 0) is 16.1 Å². The minimum Gasteiger partial charge on any atom is -0.350 e. The zero-order chi connectivity index (χ0) is 22.1. The first-order valence-electron chi connectivity index (χ1n) is 10.7. The Morgan fingerprint density at radius 2 is 1.68 bits per heavy atom. The number of amides is 3. The number of nitrogens with one attached hydrogen (secondary N) is 3. The first-order chi connectivity index (χ1) is 15.0. The van der Waals surface area contributed by atoms with E-state index in [0.29, 0.717) is 18.0 Å². The zero-order valence-electron chi connectivity index (χ0n) is 17.5. The smallest absolute Gasteiger partial charge is 0.255 e. The maximum atomic E-state index is 13.3. The minimum absolute atomic E-state index is 0.0540. The number of hydrogen-bond acceptors (Lipinski definition) is 3. The third-order valence-electron chi connectivity index (χ3n) is 5.41. The van der Waals surface area contributed by atoms with Crippen molar-refractivity contribution < 1.29 is 18.8 Å². The summed E-state index contributed by atoms with van der Waals surface area (Å²) in [5.41, 5.74) is 1.56. The lowest BCUT2D eigenvalue weighted by Crippen LogP contribution is -2.37. The third-order valence-corrected chi connectivity index (χ3v) is 5.41. The molecule has 1 saturated carbocycles. The molecule has 2 aromatic rings. The molecule has 0 unspecified atom stereocenters. The van der Waals surface area contributed by atoms with E-state index in [1.807, 2.05) is 6.07 Å². The Morgan fingerprint density at radius 1 is 0.903 bits per heavy atom. The van der Waals surface area contributed by atoms with Gasteiger partial charge in [-0.25, -0.2) is 4.39 Å². The summed E-state index contributed by atoms with van der Waals surface area (Å²) < 4.78 is 13.3. The molecule has 3 rings (SSSR count). The molecule has 0 heterocycles. The fraction of sp³-hybridized carbons (Fsp3) is 0.375. The highest BCUT2D eigenvalue weighted by atomic mass is 19.1. The van der Waals surface area contributed by atoms with Gasteiger partial charge in [0.05, 0.1) is 6.54 Å². The van der Waals surface area contributed by atoms with Gasteiger partial charge in [-0.3, -0.25) is 14.4 Å². The van der Waals surface area contributed by atoms with Crippen molar-refractivity contribution in [3.63, 3.8) is 0 Å². The number of rotatable bonds is 8. The largest absolute Gasteiger partial charge is 0.350 e. The van der Waals surface area contributed by atoms with Crippen LogP contribution < -0.4 is 16.0 Å². The molecule has 0 spiro atoms. The first kappa shape index (κ1) is 22.5. The second-order valence-electron chi connectivity index (χ2n) is 7.93. The molecule has 7 heteroatoms. The van der Waals surface area contributed by atoms with Crippen molar-refractivity contribution in [3.8, 4) is 0 Å². The maximum absolute atomic E-state index is 13.3. The minimum atomic E-state index is -0.477. The summed E-state index contributed by atoms with van der Waals surface area (Å²) in [5, 5.41) is 8.17. The summed E-state index contributed by atoms with van der Waals surface area (Å²) in [6, 6.07) is 12.5. The lowest BCUT2D eigenvalue weighted by atomic mass is 9.87. The molecule has 3 amide bonds. The Morgan fingerprint density at radius 3 is 2.45 bits per heavy atom. The van der Waals surface area contributed by atoms with Gasteiger partial charge < -0.3 is 16.0 Å². The number of anilines is 1. The van der Waals surface area contributed by atoms with Crippen LogP contribution in [0.4, 0.5) is 10.1 Å². The molecule has 1 fully saturated rings. The van der Waals surface area contributed by atoms with E-state index < -0.39 is 11.7 Å². The van der Waals surface area contributed by atoms with E-state index in [9.17, 15) is 18.8 Å². The molecule has 0 bridgehead atoms. The van der Waals surface area contributed by atoms with Crippen LogP contribution in [0.5, 0.6) is 0 Å². The zero-order valence-corrected chi connectivity index (χ0v) is 17.5. The molecule has 0 radical (unpaired) electrons. The van der Waals surface area contributed by atoms with E-state index in [0.717, 1.165) is 18.4 Å². The van der Waals surface area contributed by atoms with Crippen molar-refractivity contribution in [3.05, 3.63) is 65.5 Å². The van der Waals surface area contributed by atoms with E-state index >= 15 is 0 Å². The van der Waals surface area contributed by atoms with Gasteiger partial charge >= 0.3 is 0 Å². The number of benzene rings is 2. The van der Waals surface area contributed by atoms with Gasteiger partial charge in [0, 0.05) is 24.2 Å². The second-order valence-corrected chi connectivity index (χ2v) is 7.93. The highest BCUT2D eigenvalue weighted by Crippen LogP contribution is 2.26. The molecule has 1 aliphatic carbocycles. The fourth-order valence-electron chi connectivity index (χ4n) is 3.76. The van der Waals surface area contributed by atoms with Crippen LogP contribution in [0.3, 0.4) is 0 Å². The quantitative estimate of drug-likeness (QED) is 0.602. The Balaban J connectivity index is 1.42. The Hall–Kier alpha value is -3.22. The normalized spacial score (nSPS) is 14.0. The van der Waals surface area contributed by atoms with Gasteiger partial charge in [-0.1, -0.05) is 37.5 Å². The van der Waals surface area contributed by atoms with Crippen molar-refractivity contribution in [1.82, 2.24) is 10.6 Å². The molecule has 6 nitrogen and oxygen atoms in total. The lowest BCUT2D eigenvalue weighted by Gasteiger charge is -2.20. The molecular formula is C24H28FN3O3. The third kappa shape index (κ3) is 7.51. The summed E-state index contributed by atoms with van der Waals surface area (Å²) >= 11 is 0. The van der Waals surface area contributed by atoms with E-state index in [4.69, 9.17) is 0 Å². The monoisotopic (exact) mass is 425 g/mol. The van der Waals surface area contributed by atoms with E-state index in [1.54, 1.807) is 18.2 Å². The number of carbonyl (C=O) groups is 3. The van der Waals surface area contributed by atoms with Crippen molar-refractivity contribution >= 4 is 23.4 Å². The van der Waals surface area contributed by atoms with Gasteiger partial charge in [-0.05, 0) is 54.7 Å². The summed E-state index contributed by atoms with van der Waals surface area (Å²) in [4.78, 5) is 36.3. The number of hydrogen-bond donors (Lipinski definition) is 3. The van der Waals surface area contributed by atoms with Crippen molar-refractivity contribution in [2.24, 2.45) is 5.92 Å². The average Bonchev–Trinajstić information content (AvgIpc) is 2.77. The lowest BCUT2D eigenvalue weighted by molar-refractivity contribution is -0.126. The van der Waals surface area contributed by atoms with Gasteiger partial charge in [0.2, 0.25) is 11.8 Å². The molecular weight excluding hydrogens is 397 g/mol. The van der Waals surface area contributed by atoms with Crippen LogP contribution in [0.1, 0.15) is 54.4 Å². The Kier molecular flexibility index (Phi) is 8.15. The van der Waals surface area contributed by atoms with Gasteiger partial charge in [0.25, 0.3) is 5.91 Å². The SMILES string of the molecule is O=C(CNC(=O)CC1CCCCC1)NCc1cccc(NC(=O)c2cccc(F)c2)c1. The summed E-state index contributed by atoms with van der Waals surface area (Å²) in [7, 11) is 0. The topological polar surface area (TPSA) is 87.3 Å². The van der Waals surface area contributed by atoms with Crippen molar-refractivity contribution in [1.29, 1.82) is 0 Å². The van der Waals surface area contributed by atoms with Crippen molar-refractivity contribution in [2.45, 2.75) is 45.1 Å². The molecule has 0 aromatic heterocycles.